The van der Waals surface area contributed by atoms with Gasteiger partial charge >= 0.3 is 5.91 Å². The van der Waals surface area contributed by atoms with Crippen molar-refractivity contribution in [3.05, 3.63) is 53.1 Å². The van der Waals surface area contributed by atoms with E-state index in [4.69, 9.17) is 9.47 Å². The van der Waals surface area contributed by atoms with Crippen molar-refractivity contribution in [1.29, 1.82) is 0 Å². The quantitative estimate of drug-likeness (QED) is 0.378. The number of aliphatic hydroxyl groups is 1. The van der Waals surface area contributed by atoms with Gasteiger partial charge in [-0.3, -0.25) is 14.5 Å². The standard InChI is InChI=1S/C18H13N5O5S/c24-15(9-1-2-11-12(5-9)28-4-3-27-11)13-14(10-6-19-7-20-10)23(17(26)16(13)25)18-22-21-8-29-18/h1-2,5-8,14,24H,3-4H2,(H,19,20)/b15-13+. The second-order valence-corrected chi connectivity index (χ2v) is 7.07. The number of aromatic nitrogens is 4. The van der Waals surface area contributed by atoms with E-state index >= 15 is 0 Å². The summed E-state index contributed by atoms with van der Waals surface area (Å²) in [5.41, 5.74) is 2.16. The molecule has 1 saturated heterocycles. The summed E-state index contributed by atoms with van der Waals surface area (Å²) in [7, 11) is 0. The van der Waals surface area contributed by atoms with Gasteiger partial charge in [0.25, 0.3) is 5.78 Å². The van der Waals surface area contributed by atoms with Crippen LogP contribution in [0.25, 0.3) is 5.76 Å². The van der Waals surface area contributed by atoms with Crippen LogP contribution in [-0.2, 0) is 9.59 Å². The minimum absolute atomic E-state index is 0.0777. The van der Waals surface area contributed by atoms with E-state index in [1.165, 1.54) is 22.9 Å². The van der Waals surface area contributed by atoms with E-state index in [0.29, 0.717) is 36.0 Å². The van der Waals surface area contributed by atoms with E-state index in [1.807, 2.05) is 0 Å². The van der Waals surface area contributed by atoms with E-state index in [9.17, 15) is 14.7 Å². The van der Waals surface area contributed by atoms with Crippen molar-refractivity contribution in [2.75, 3.05) is 18.1 Å². The maximum absolute atomic E-state index is 12.9. The highest BCUT2D eigenvalue weighted by molar-refractivity contribution is 7.13. The topological polar surface area (TPSA) is 131 Å². The summed E-state index contributed by atoms with van der Waals surface area (Å²) in [5.74, 6) is -0.955. The number of nitrogens with zero attached hydrogens (tertiary/aromatic N) is 4. The Morgan fingerprint density at radius 1 is 1.24 bits per heavy atom. The number of carbonyl (C=O) groups excluding carboxylic acids is 2. The molecule has 10 nitrogen and oxygen atoms in total. The maximum Gasteiger partial charge on any atom is 0.302 e. The number of H-pyrrole nitrogens is 1. The zero-order chi connectivity index (χ0) is 20.0. The number of rotatable bonds is 3. The predicted octanol–water partition coefficient (Wildman–Crippen LogP) is 1.66. The van der Waals surface area contributed by atoms with Gasteiger partial charge in [0.2, 0.25) is 5.13 Å². The third-order valence-corrected chi connectivity index (χ3v) is 5.32. The van der Waals surface area contributed by atoms with Crippen LogP contribution in [-0.4, -0.2) is 50.2 Å². The fourth-order valence-electron chi connectivity index (χ4n) is 3.36. The van der Waals surface area contributed by atoms with Crippen LogP contribution in [0.1, 0.15) is 17.3 Å². The van der Waals surface area contributed by atoms with Crippen molar-refractivity contribution in [2.24, 2.45) is 0 Å². The number of hydrogen-bond acceptors (Lipinski definition) is 9. The monoisotopic (exact) mass is 411 g/mol. The second kappa shape index (κ2) is 6.71. The number of benzene rings is 1. The van der Waals surface area contributed by atoms with Gasteiger partial charge in [-0.1, -0.05) is 11.3 Å². The van der Waals surface area contributed by atoms with Gasteiger partial charge < -0.3 is 19.6 Å². The summed E-state index contributed by atoms with van der Waals surface area (Å²) in [6, 6.07) is 3.91. The molecule has 1 fully saturated rings. The molecule has 11 heteroatoms. The first-order valence-electron chi connectivity index (χ1n) is 8.60. The van der Waals surface area contributed by atoms with Gasteiger partial charge in [0.1, 0.15) is 30.5 Å². The minimum Gasteiger partial charge on any atom is -0.507 e. The van der Waals surface area contributed by atoms with Crippen LogP contribution in [0.3, 0.4) is 0 Å². The van der Waals surface area contributed by atoms with Crippen LogP contribution in [0.15, 0.2) is 41.8 Å². The molecule has 0 bridgehead atoms. The Morgan fingerprint density at radius 3 is 2.79 bits per heavy atom. The fraction of sp³-hybridized carbons (Fsp3) is 0.167. The summed E-state index contributed by atoms with van der Waals surface area (Å²) >= 11 is 1.11. The van der Waals surface area contributed by atoms with Crippen LogP contribution >= 0.6 is 11.3 Å². The molecule has 2 aromatic heterocycles. The molecular formula is C18H13N5O5S. The number of aromatic amines is 1. The molecule has 0 saturated carbocycles. The van der Waals surface area contributed by atoms with Crippen molar-refractivity contribution in [1.82, 2.24) is 20.2 Å². The van der Waals surface area contributed by atoms with Crippen molar-refractivity contribution in [3.63, 3.8) is 0 Å². The lowest BCUT2D eigenvalue weighted by atomic mass is 9.99. The van der Waals surface area contributed by atoms with Crippen molar-refractivity contribution in [3.8, 4) is 11.5 Å². The molecule has 5 rings (SSSR count). The van der Waals surface area contributed by atoms with Crippen LogP contribution in [0.4, 0.5) is 5.13 Å². The van der Waals surface area contributed by atoms with Crippen LogP contribution in [0, 0.1) is 0 Å². The first-order chi connectivity index (χ1) is 14.1. The summed E-state index contributed by atoms with van der Waals surface area (Å²) in [5, 5.41) is 18.9. The molecule has 0 aliphatic carbocycles. The number of ketones is 1. The number of amides is 1. The Hall–Kier alpha value is -3.73. The highest BCUT2D eigenvalue weighted by atomic mass is 32.1. The molecule has 2 N–H and O–H groups in total. The molecule has 3 aromatic rings. The third kappa shape index (κ3) is 2.74. The number of ether oxygens (including phenoxy) is 2. The van der Waals surface area contributed by atoms with E-state index in [2.05, 4.69) is 20.2 Å². The van der Waals surface area contributed by atoms with Gasteiger partial charge in [-0.05, 0) is 18.2 Å². The van der Waals surface area contributed by atoms with Crippen molar-refractivity contribution in [2.45, 2.75) is 6.04 Å². The number of aliphatic hydroxyl groups excluding tert-OH is 1. The van der Waals surface area contributed by atoms with Crippen LogP contribution in [0.2, 0.25) is 0 Å². The van der Waals surface area contributed by atoms with Gasteiger partial charge in [0.15, 0.2) is 11.5 Å². The Balaban J connectivity index is 1.67. The summed E-state index contributed by atoms with van der Waals surface area (Å²) in [4.78, 5) is 33.7. The van der Waals surface area contributed by atoms with Gasteiger partial charge in [0, 0.05) is 5.56 Å². The molecule has 2 aliphatic rings. The number of fused-ring (bicyclic) bond motifs is 1. The highest BCUT2D eigenvalue weighted by Crippen LogP contribution is 2.42. The number of hydrogen-bond donors (Lipinski definition) is 2. The Morgan fingerprint density at radius 2 is 2.07 bits per heavy atom. The van der Waals surface area contributed by atoms with E-state index in [1.54, 1.807) is 18.2 Å². The molecular weight excluding hydrogens is 398 g/mol. The van der Waals surface area contributed by atoms with Crippen molar-refractivity contribution < 1.29 is 24.2 Å². The summed E-state index contributed by atoms with van der Waals surface area (Å²) in [6.07, 6.45) is 2.92. The number of Topliss-reactive ketones (excluding diaryl/α,β-unsaturated/α-hetero) is 1. The highest BCUT2D eigenvalue weighted by Gasteiger charge is 2.48. The third-order valence-electron chi connectivity index (χ3n) is 4.63. The molecule has 146 valence electrons. The molecule has 0 spiro atoms. The SMILES string of the molecule is O=C1C(=O)N(c2nncs2)C(c2cnc[nH]2)/C1=C(\O)c1ccc2c(c1)OCCO2. The molecule has 2 aliphatic heterocycles. The fourth-order valence-corrected chi connectivity index (χ4v) is 3.94. The van der Waals surface area contributed by atoms with Crippen LogP contribution < -0.4 is 14.4 Å². The normalized spacial score (nSPS) is 20.3. The number of anilines is 1. The van der Waals surface area contributed by atoms with E-state index < -0.39 is 17.7 Å². The Labute approximate surface area is 167 Å². The molecule has 1 amide bonds. The lowest BCUT2D eigenvalue weighted by Crippen LogP contribution is -2.29. The molecule has 0 radical (unpaired) electrons. The predicted molar refractivity (Wildman–Crippen MR) is 101 cm³/mol. The average molecular weight is 411 g/mol. The zero-order valence-electron chi connectivity index (χ0n) is 14.7. The Kier molecular flexibility index (Phi) is 4.02. The molecule has 4 heterocycles. The number of imidazole rings is 1. The summed E-state index contributed by atoms with van der Waals surface area (Å²) < 4.78 is 11.0. The lowest BCUT2D eigenvalue weighted by molar-refractivity contribution is -0.132. The lowest BCUT2D eigenvalue weighted by Gasteiger charge is -2.21. The summed E-state index contributed by atoms with van der Waals surface area (Å²) in [6.45, 7) is 0.817. The molecule has 1 aromatic carbocycles. The van der Waals surface area contributed by atoms with Gasteiger partial charge in [0.05, 0.1) is 23.8 Å². The first kappa shape index (κ1) is 17.4. The second-order valence-electron chi connectivity index (χ2n) is 6.26. The van der Waals surface area contributed by atoms with E-state index in [-0.39, 0.29) is 16.5 Å². The van der Waals surface area contributed by atoms with Gasteiger partial charge in [-0.25, -0.2) is 4.98 Å². The zero-order valence-corrected chi connectivity index (χ0v) is 15.5. The number of nitrogens with one attached hydrogen (secondary N) is 1. The average Bonchev–Trinajstić information content (AvgIpc) is 3.49. The van der Waals surface area contributed by atoms with E-state index in [0.717, 1.165) is 11.3 Å². The maximum atomic E-state index is 12.9. The van der Waals surface area contributed by atoms with Crippen LogP contribution in [0.5, 0.6) is 11.5 Å². The number of carbonyl (C=O) groups is 2. The molecule has 1 unspecified atom stereocenters. The van der Waals surface area contributed by atoms with Gasteiger partial charge in [-0.2, -0.15) is 0 Å². The first-order valence-corrected chi connectivity index (χ1v) is 9.48. The Bertz CT molecular complexity index is 1130. The minimum atomic E-state index is -0.918. The largest absolute Gasteiger partial charge is 0.507 e. The van der Waals surface area contributed by atoms with Gasteiger partial charge in [-0.15, -0.1) is 10.2 Å². The molecule has 29 heavy (non-hydrogen) atoms. The van der Waals surface area contributed by atoms with Crippen molar-refractivity contribution >= 4 is 33.9 Å². The molecule has 1 atom stereocenters. The smallest absolute Gasteiger partial charge is 0.302 e.